The molecule has 0 spiro atoms. The largest absolute Gasteiger partial charge is 0.490 e. The van der Waals surface area contributed by atoms with Crippen molar-refractivity contribution in [2.75, 3.05) is 6.54 Å². The zero-order valence-corrected chi connectivity index (χ0v) is 22.2. The average molecular weight is 572 g/mol. The molecule has 0 saturated carbocycles. The number of hydrogen-bond donors (Lipinski definition) is 2. The number of imidazole rings is 2. The predicted molar refractivity (Wildman–Crippen MR) is 141 cm³/mol. The van der Waals surface area contributed by atoms with E-state index >= 15 is 0 Å². The van der Waals surface area contributed by atoms with Crippen molar-refractivity contribution in [2.24, 2.45) is 0 Å². The number of alkyl halides is 3. The number of carboxylic acids is 1. The number of pyridine rings is 2. The molecule has 1 amide bonds. The molecular formula is C26H24F3N7O3S. The second-order valence-corrected chi connectivity index (χ2v) is 9.63. The second kappa shape index (κ2) is 12.1. The van der Waals surface area contributed by atoms with E-state index in [1.54, 1.807) is 17.5 Å². The minimum absolute atomic E-state index is 0.206. The maximum Gasteiger partial charge on any atom is 0.490 e. The highest BCUT2D eigenvalue weighted by Gasteiger charge is 2.38. The van der Waals surface area contributed by atoms with Gasteiger partial charge < -0.3 is 15.0 Å². The summed E-state index contributed by atoms with van der Waals surface area (Å²) in [7, 11) is 0. The van der Waals surface area contributed by atoms with E-state index in [1.807, 2.05) is 67.2 Å². The van der Waals surface area contributed by atoms with Gasteiger partial charge in [0.05, 0.1) is 22.8 Å². The van der Waals surface area contributed by atoms with E-state index in [9.17, 15) is 18.0 Å². The van der Waals surface area contributed by atoms with E-state index in [1.165, 1.54) is 0 Å². The number of halogens is 3. The van der Waals surface area contributed by atoms with Crippen molar-refractivity contribution in [3.63, 3.8) is 0 Å². The van der Waals surface area contributed by atoms with Crippen LogP contribution in [0.3, 0.4) is 0 Å². The predicted octanol–water partition coefficient (Wildman–Crippen LogP) is 4.32. The minimum atomic E-state index is -5.08. The summed E-state index contributed by atoms with van der Waals surface area (Å²) in [6.07, 6.45) is 3.04. The molecule has 0 unspecified atom stereocenters. The Morgan fingerprint density at radius 1 is 1.10 bits per heavy atom. The fourth-order valence-electron chi connectivity index (χ4n) is 3.77. The monoisotopic (exact) mass is 571 g/mol. The van der Waals surface area contributed by atoms with Gasteiger partial charge in [0.2, 0.25) is 0 Å². The standard InChI is InChI=1S/C24H23N7OS.C2HF3O2/c1-16-27-20(14-30(16)13-19-15-33-17(2)28-19)23-29-22(21-7-3-4-11-31(21)23)24(32)26-10-8-18-6-5-9-25-12-18;3-2(4,5)1(6)7/h3-7,9,11-12,14-15H,8,10,13H2,1-2H3,(H,26,32);(H,6,7). The fourth-order valence-corrected chi connectivity index (χ4v) is 4.37. The Kier molecular flexibility index (Phi) is 8.58. The molecule has 10 nitrogen and oxygen atoms in total. The molecule has 0 aliphatic heterocycles. The van der Waals surface area contributed by atoms with Gasteiger partial charge in [0.15, 0.2) is 11.5 Å². The number of aliphatic carboxylic acids is 1. The molecule has 0 aliphatic rings. The third-order valence-electron chi connectivity index (χ3n) is 5.63. The van der Waals surface area contributed by atoms with Crippen LogP contribution >= 0.6 is 11.3 Å². The summed E-state index contributed by atoms with van der Waals surface area (Å²) in [5.41, 5.74) is 3.93. The van der Waals surface area contributed by atoms with Crippen molar-refractivity contribution in [2.45, 2.75) is 33.0 Å². The zero-order chi connectivity index (χ0) is 28.9. The average Bonchev–Trinajstić information content (AvgIpc) is 3.61. The lowest BCUT2D eigenvalue weighted by Gasteiger charge is -2.03. The molecule has 5 aromatic heterocycles. The topological polar surface area (TPSA) is 127 Å². The van der Waals surface area contributed by atoms with E-state index in [-0.39, 0.29) is 5.91 Å². The SMILES string of the molecule is Cc1nc(Cn2cc(-c3nc(C(=O)NCCc4cccnc4)c4ccccn34)nc2C)cs1.O=C(O)C(F)(F)F. The normalized spacial score (nSPS) is 11.2. The van der Waals surface area contributed by atoms with Crippen LogP contribution < -0.4 is 5.32 Å². The Morgan fingerprint density at radius 2 is 1.88 bits per heavy atom. The molecule has 2 N–H and O–H groups in total. The van der Waals surface area contributed by atoms with Gasteiger partial charge in [0, 0.05) is 36.7 Å². The van der Waals surface area contributed by atoms with Crippen molar-refractivity contribution < 1.29 is 27.9 Å². The minimum Gasteiger partial charge on any atom is -0.475 e. The summed E-state index contributed by atoms with van der Waals surface area (Å²) in [5.74, 6) is -1.46. The molecule has 0 fully saturated rings. The second-order valence-electron chi connectivity index (χ2n) is 8.57. The van der Waals surface area contributed by atoms with Gasteiger partial charge in [-0.1, -0.05) is 12.1 Å². The smallest absolute Gasteiger partial charge is 0.475 e. The van der Waals surface area contributed by atoms with E-state index in [0.717, 1.165) is 33.3 Å². The molecule has 14 heteroatoms. The Labute approximate surface area is 230 Å². The van der Waals surface area contributed by atoms with E-state index in [2.05, 4.69) is 25.2 Å². The van der Waals surface area contributed by atoms with Crippen LogP contribution in [0.5, 0.6) is 0 Å². The first-order chi connectivity index (χ1) is 19.0. The van der Waals surface area contributed by atoms with Gasteiger partial charge in [0.25, 0.3) is 5.91 Å². The van der Waals surface area contributed by atoms with Gasteiger partial charge in [-0.3, -0.25) is 14.2 Å². The van der Waals surface area contributed by atoms with E-state index in [0.29, 0.717) is 31.0 Å². The number of fused-ring (bicyclic) bond motifs is 1. The molecule has 40 heavy (non-hydrogen) atoms. The number of rotatable bonds is 7. The van der Waals surface area contributed by atoms with Gasteiger partial charge in [-0.05, 0) is 44.0 Å². The van der Waals surface area contributed by atoms with Gasteiger partial charge in [-0.15, -0.1) is 11.3 Å². The van der Waals surface area contributed by atoms with Crippen LogP contribution in [0, 0.1) is 13.8 Å². The molecule has 0 radical (unpaired) electrons. The first kappa shape index (κ1) is 28.4. The number of carboxylic acid groups (broad SMARTS) is 1. The summed E-state index contributed by atoms with van der Waals surface area (Å²) in [4.78, 5) is 40.0. The number of nitrogens with one attached hydrogen (secondary N) is 1. The lowest BCUT2D eigenvalue weighted by molar-refractivity contribution is -0.192. The van der Waals surface area contributed by atoms with Gasteiger partial charge >= 0.3 is 12.1 Å². The van der Waals surface area contributed by atoms with Gasteiger partial charge in [0.1, 0.15) is 11.5 Å². The lowest BCUT2D eigenvalue weighted by atomic mass is 10.2. The van der Waals surface area contributed by atoms with Crippen molar-refractivity contribution in [3.05, 3.63) is 88.3 Å². The molecule has 5 rings (SSSR count). The van der Waals surface area contributed by atoms with Crippen LogP contribution in [-0.2, 0) is 17.8 Å². The van der Waals surface area contributed by atoms with Crippen LogP contribution in [0.1, 0.15) is 32.6 Å². The van der Waals surface area contributed by atoms with Crippen molar-refractivity contribution >= 4 is 28.7 Å². The fraction of sp³-hybridized carbons (Fsp3) is 0.231. The molecule has 5 heterocycles. The highest BCUT2D eigenvalue weighted by molar-refractivity contribution is 7.09. The number of aryl methyl sites for hydroxylation is 2. The number of amides is 1. The number of carbonyl (C=O) groups excluding carboxylic acids is 1. The Balaban J connectivity index is 0.000000470. The summed E-state index contributed by atoms with van der Waals surface area (Å²) < 4.78 is 35.7. The molecular weight excluding hydrogens is 547 g/mol. The van der Waals surface area contributed by atoms with Crippen molar-refractivity contribution in [1.82, 2.24) is 34.2 Å². The highest BCUT2D eigenvalue weighted by Crippen LogP contribution is 2.23. The Bertz CT molecular complexity index is 1630. The van der Waals surface area contributed by atoms with Crippen LogP contribution in [0.4, 0.5) is 13.2 Å². The summed E-state index contributed by atoms with van der Waals surface area (Å²) in [5, 5.41) is 13.2. The molecule has 0 atom stereocenters. The molecule has 208 valence electrons. The third kappa shape index (κ3) is 6.88. The van der Waals surface area contributed by atoms with Crippen LogP contribution in [0.25, 0.3) is 17.0 Å². The summed E-state index contributed by atoms with van der Waals surface area (Å²) in [6, 6.07) is 9.61. The molecule has 0 aromatic carbocycles. The highest BCUT2D eigenvalue weighted by atomic mass is 32.1. The summed E-state index contributed by atoms with van der Waals surface area (Å²) in [6.45, 7) is 5.12. The number of carbonyl (C=O) groups is 2. The van der Waals surface area contributed by atoms with Gasteiger partial charge in [-0.2, -0.15) is 13.2 Å². The number of hydrogen-bond acceptors (Lipinski definition) is 7. The quantitative estimate of drug-likeness (QED) is 0.298. The zero-order valence-electron chi connectivity index (χ0n) is 21.4. The van der Waals surface area contributed by atoms with Crippen LogP contribution in [0.2, 0.25) is 0 Å². The van der Waals surface area contributed by atoms with E-state index < -0.39 is 12.1 Å². The maximum absolute atomic E-state index is 13.0. The first-order valence-electron chi connectivity index (χ1n) is 11.9. The Morgan fingerprint density at radius 3 is 2.52 bits per heavy atom. The van der Waals surface area contributed by atoms with Gasteiger partial charge in [-0.25, -0.2) is 19.7 Å². The molecule has 0 aliphatic carbocycles. The number of aromatic nitrogens is 6. The lowest BCUT2D eigenvalue weighted by Crippen LogP contribution is -2.26. The summed E-state index contributed by atoms with van der Waals surface area (Å²) >= 11 is 1.64. The van der Waals surface area contributed by atoms with Crippen molar-refractivity contribution in [3.8, 4) is 11.5 Å². The van der Waals surface area contributed by atoms with Crippen LogP contribution in [0.15, 0.2) is 60.5 Å². The van der Waals surface area contributed by atoms with E-state index in [4.69, 9.17) is 19.9 Å². The molecule has 0 saturated heterocycles. The Hall–Kier alpha value is -4.59. The number of thiazole rings is 1. The number of nitrogens with zero attached hydrogens (tertiary/aromatic N) is 6. The maximum atomic E-state index is 13.0. The van der Waals surface area contributed by atoms with Crippen molar-refractivity contribution in [1.29, 1.82) is 0 Å². The van der Waals surface area contributed by atoms with Crippen LogP contribution in [-0.4, -0.2) is 58.6 Å². The molecule has 0 bridgehead atoms. The first-order valence-corrected chi connectivity index (χ1v) is 12.8. The molecule has 5 aromatic rings. The third-order valence-corrected chi connectivity index (χ3v) is 6.45.